The molecule has 7 heteroatoms. The topological polar surface area (TPSA) is 67.9 Å². The molecule has 0 heterocycles. The molecule has 2 aromatic carbocycles. The van der Waals surface area contributed by atoms with E-state index in [0.29, 0.717) is 11.5 Å². The highest BCUT2D eigenvalue weighted by molar-refractivity contribution is 9.10. The van der Waals surface area contributed by atoms with Crippen LogP contribution in [0, 0.1) is 0 Å². The summed E-state index contributed by atoms with van der Waals surface area (Å²) in [6, 6.07) is 14.0. The number of nitrogens with one attached hydrogen (secondary N) is 1. The van der Waals surface area contributed by atoms with Crippen LogP contribution in [0.2, 0.25) is 0 Å². The smallest absolute Gasteiger partial charge is 0.261 e. The summed E-state index contributed by atoms with van der Waals surface area (Å²) in [7, 11) is 1.59. The number of ether oxygens (including phenoxy) is 2. The van der Waals surface area contributed by atoms with E-state index < -0.39 is 11.6 Å². The SMILES string of the molecule is COc1cccc(CN(C(=O)COc2ccc(Br)cc2)[C@H](C)C(=O)NC(C)(C)C)c1. The van der Waals surface area contributed by atoms with Gasteiger partial charge in [-0.05, 0) is 69.7 Å². The number of amides is 2. The minimum absolute atomic E-state index is 0.168. The second kappa shape index (κ2) is 10.5. The first kappa shape index (κ1) is 23.7. The van der Waals surface area contributed by atoms with Gasteiger partial charge in [0.05, 0.1) is 7.11 Å². The molecular formula is C23H29BrN2O4. The molecule has 0 bridgehead atoms. The lowest BCUT2D eigenvalue weighted by molar-refractivity contribution is -0.142. The summed E-state index contributed by atoms with van der Waals surface area (Å²) in [5, 5.41) is 2.94. The molecule has 0 saturated carbocycles. The first-order valence-electron chi connectivity index (χ1n) is 9.72. The molecule has 0 saturated heterocycles. The van der Waals surface area contributed by atoms with Crippen LogP contribution in [-0.2, 0) is 16.1 Å². The summed E-state index contributed by atoms with van der Waals surface area (Å²) in [6.07, 6.45) is 0. The van der Waals surface area contributed by atoms with Gasteiger partial charge in [0.15, 0.2) is 6.61 Å². The maximum Gasteiger partial charge on any atom is 0.261 e. The van der Waals surface area contributed by atoms with Crippen LogP contribution in [0.5, 0.6) is 11.5 Å². The van der Waals surface area contributed by atoms with Crippen LogP contribution in [0.4, 0.5) is 0 Å². The number of hydrogen-bond acceptors (Lipinski definition) is 4. The summed E-state index contributed by atoms with van der Waals surface area (Å²) < 4.78 is 11.8. The lowest BCUT2D eigenvalue weighted by Gasteiger charge is -2.31. The molecule has 0 aromatic heterocycles. The second-order valence-electron chi connectivity index (χ2n) is 8.03. The molecule has 2 amide bonds. The highest BCUT2D eigenvalue weighted by Crippen LogP contribution is 2.18. The van der Waals surface area contributed by atoms with Crippen LogP contribution in [0.1, 0.15) is 33.3 Å². The van der Waals surface area contributed by atoms with Crippen molar-refractivity contribution in [3.8, 4) is 11.5 Å². The van der Waals surface area contributed by atoms with Crippen LogP contribution in [0.3, 0.4) is 0 Å². The van der Waals surface area contributed by atoms with Crippen molar-refractivity contribution in [1.82, 2.24) is 10.2 Å². The zero-order valence-corrected chi connectivity index (χ0v) is 19.7. The molecule has 1 N–H and O–H groups in total. The average Bonchev–Trinajstić information content (AvgIpc) is 2.69. The highest BCUT2D eigenvalue weighted by atomic mass is 79.9. The van der Waals surface area contributed by atoms with Crippen LogP contribution in [0.25, 0.3) is 0 Å². The van der Waals surface area contributed by atoms with Gasteiger partial charge in [-0.2, -0.15) is 0 Å². The van der Waals surface area contributed by atoms with Gasteiger partial charge in [0.2, 0.25) is 5.91 Å². The second-order valence-corrected chi connectivity index (χ2v) is 8.95. The van der Waals surface area contributed by atoms with Crippen molar-refractivity contribution < 1.29 is 19.1 Å². The van der Waals surface area contributed by atoms with E-state index in [9.17, 15) is 9.59 Å². The van der Waals surface area contributed by atoms with Gasteiger partial charge >= 0.3 is 0 Å². The number of halogens is 1. The summed E-state index contributed by atoms with van der Waals surface area (Å²) in [5.74, 6) is 0.775. The van der Waals surface area contributed by atoms with E-state index in [-0.39, 0.29) is 25.0 Å². The van der Waals surface area contributed by atoms with Gasteiger partial charge < -0.3 is 19.7 Å². The van der Waals surface area contributed by atoms with Crippen LogP contribution in [0.15, 0.2) is 53.0 Å². The molecule has 0 unspecified atom stereocenters. The minimum Gasteiger partial charge on any atom is -0.497 e. The Labute approximate surface area is 186 Å². The van der Waals surface area contributed by atoms with Gasteiger partial charge in [0, 0.05) is 16.6 Å². The largest absolute Gasteiger partial charge is 0.497 e. The van der Waals surface area contributed by atoms with Gasteiger partial charge in [-0.3, -0.25) is 9.59 Å². The summed E-state index contributed by atoms with van der Waals surface area (Å²) >= 11 is 3.37. The van der Waals surface area contributed by atoms with Crippen molar-refractivity contribution in [2.75, 3.05) is 13.7 Å². The third-order valence-corrected chi connectivity index (χ3v) is 4.86. The Bertz CT molecular complexity index is 862. The van der Waals surface area contributed by atoms with Crippen molar-refractivity contribution in [3.05, 3.63) is 58.6 Å². The number of hydrogen-bond donors (Lipinski definition) is 1. The van der Waals surface area contributed by atoms with Crippen molar-refractivity contribution in [3.63, 3.8) is 0 Å². The van der Waals surface area contributed by atoms with E-state index in [2.05, 4.69) is 21.2 Å². The van der Waals surface area contributed by atoms with Gasteiger partial charge in [0.1, 0.15) is 17.5 Å². The van der Waals surface area contributed by atoms with E-state index in [1.165, 1.54) is 4.90 Å². The Hall–Kier alpha value is -2.54. The molecule has 30 heavy (non-hydrogen) atoms. The number of nitrogens with zero attached hydrogens (tertiary/aromatic N) is 1. The first-order valence-corrected chi connectivity index (χ1v) is 10.5. The van der Waals surface area contributed by atoms with Crippen LogP contribution in [-0.4, -0.2) is 42.0 Å². The molecule has 1 atom stereocenters. The van der Waals surface area contributed by atoms with E-state index in [0.717, 1.165) is 10.0 Å². The quantitative estimate of drug-likeness (QED) is 0.620. The van der Waals surface area contributed by atoms with E-state index >= 15 is 0 Å². The lowest BCUT2D eigenvalue weighted by atomic mass is 10.1. The first-order chi connectivity index (χ1) is 14.1. The highest BCUT2D eigenvalue weighted by Gasteiger charge is 2.28. The van der Waals surface area contributed by atoms with E-state index in [4.69, 9.17) is 9.47 Å². The number of carbonyl (C=O) groups excluding carboxylic acids is 2. The summed E-state index contributed by atoms with van der Waals surface area (Å²) in [4.78, 5) is 27.3. The van der Waals surface area contributed by atoms with E-state index in [1.54, 1.807) is 26.2 Å². The number of benzene rings is 2. The number of methoxy groups -OCH3 is 1. The molecule has 0 aliphatic heterocycles. The van der Waals surface area contributed by atoms with Gasteiger partial charge in [-0.25, -0.2) is 0 Å². The summed E-state index contributed by atoms with van der Waals surface area (Å²) in [6.45, 7) is 7.53. The Morgan fingerprint density at radius 3 is 2.37 bits per heavy atom. The standard InChI is InChI=1S/C23H29BrN2O4/c1-16(22(28)25-23(2,3)4)26(14-17-7-6-8-20(13-17)29-5)21(27)15-30-19-11-9-18(24)10-12-19/h6-13,16H,14-15H2,1-5H3,(H,25,28)/t16-/m1/s1. The number of carbonyl (C=O) groups is 2. The maximum atomic E-state index is 13.0. The molecule has 2 rings (SSSR count). The summed E-state index contributed by atoms with van der Waals surface area (Å²) in [5.41, 5.74) is 0.464. The Morgan fingerprint density at radius 2 is 1.77 bits per heavy atom. The predicted octanol–water partition coefficient (Wildman–Crippen LogP) is 4.17. The zero-order chi connectivity index (χ0) is 22.3. The van der Waals surface area contributed by atoms with Gasteiger partial charge in [-0.15, -0.1) is 0 Å². The molecule has 6 nitrogen and oxygen atoms in total. The number of rotatable bonds is 8. The minimum atomic E-state index is -0.670. The van der Waals surface area contributed by atoms with Crippen molar-refractivity contribution in [2.24, 2.45) is 0 Å². The molecule has 2 aromatic rings. The third kappa shape index (κ3) is 7.37. The Morgan fingerprint density at radius 1 is 1.10 bits per heavy atom. The van der Waals surface area contributed by atoms with Crippen molar-refractivity contribution >= 4 is 27.7 Å². The molecule has 0 radical (unpaired) electrons. The fraction of sp³-hybridized carbons (Fsp3) is 0.391. The average molecular weight is 477 g/mol. The monoisotopic (exact) mass is 476 g/mol. The molecule has 0 fully saturated rings. The predicted molar refractivity (Wildman–Crippen MR) is 121 cm³/mol. The Kier molecular flexibility index (Phi) is 8.29. The van der Waals surface area contributed by atoms with Crippen LogP contribution < -0.4 is 14.8 Å². The molecule has 0 aliphatic carbocycles. The normalized spacial score (nSPS) is 12.1. The third-order valence-electron chi connectivity index (χ3n) is 4.33. The maximum absolute atomic E-state index is 13.0. The zero-order valence-electron chi connectivity index (χ0n) is 18.1. The lowest BCUT2D eigenvalue weighted by Crippen LogP contribution is -2.53. The molecule has 0 aliphatic rings. The van der Waals surface area contributed by atoms with Crippen molar-refractivity contribution in [2.45, 2.75) is 45.8 Å². The Balaban J connectivity index is 2.18. The van der Waals surface area contributed by atoms with E-state index in [1.807, 2.05) is 57.2 Å². The molecular weight excluding hydrogens is 448 g/mol. The van der Waals surface area contributed by atoms with Gasteiger partial charge in [-0.1, -0.05) is 28.1 Å². The van der Waals surface area contributed by atoms with Gasteiger partial charge in [0.25, 0.3) is 5.91 Å². The van der Waals surface area contributed by atoms with Crippen LogP contribution >= 0.6 is 15.9 Å². The van der Waals surface area contributed by atoms with Crippen molar-refractivity contribution in [1.29, 1.82) is 0 Å². The fourth-order valence-corrected chi connectivity index (χ4v) is 3.05. The molecule has 162 valence electrons. The molecule has 0 spiro atoms. The fourth-order valence-electron chi connectivity index (χ4n) is 2.78.